The van der Waals surface area contributed by atoms with Gasteiger partial charge in [0.2, 0.25) is 0 Å². The summed E-state index contributed by atoms with van der Waals surface area (Å²) in [5.74, 6) is 2.75. The van der Waals surface area contributed by atoms with Crippen molar-refractivity contribution in [3.8, 4) is 0 Å². The normalized spacial score (nSPS) is 14.1. The third kappa shape index (κ3) is 5.16. The van der Waals surface area contributed by atoms with E-state index in [0.717, 1.165) is 17.6 Å². The highest BCUT2D eigenvalue weighted by molar-refractivity contribution is 7.80. The number of hydrogen-bond donors (Lipinski definition) is 1. The van der Waals surface area contributed by atoms with Crippen LogP contribution in [0.4, 0.5) is 0 Å². The van der Waals surface area contributed by atoms with Gasteiger partial charge in [0.15, 0.2) is 0 Å². The van der Waals surface area contributed by atoms with Crippen molar-refractivity contribution in [3.63, 3.8) is 0 Å². The first-order chi connectivity index (χ1) is 4.70. The molecule has 0 aliphatic heterocycles. The van der Waals surface area contributed by atoms with Crippen LogP contribution in [0.1, 0.15) is 40.0 Å². The summed E-state index contributed by atoms with van der Waals surface area (Å²) in [7, 11) is 0. The van der Waals surface area contributed by atoms with E-state index in [2.05, 4.69) is 33.4 Å². The second-order valence-electron chi connectivity index (χ2n) is 3.47. The van der Waals surface area contributed by atoms with Crippen molar-refractivity contribution in [2.45, 2.75) is 40.0 Å². The van der Waals surface area contributed by atoms with Gasteiger partial charge in [0.05, 0.1) is 0 Å². The maximum atomic E-state index is 4.32. The first-order valence-corrected chi connectivity index (χ1v) is 4.94. The fourth-order valence-electron chi connectivity index (χ4n) is 1.36. The average molecular weight is 160 g/mol. The molecule has 1 heteroatoms. The van der Waals surface area contributed by atoms with Gasteiger partial charge in [0.25, 0.3) is 0 Å². The van der Waals surface area contributed by atoms with Crippen molar-refractivity contribution >= 4 is 12.6 Å². The predicted octanol–water partition coefficient (Wildman–Crippen LogP) is 3.38. The minimum absolute atomic E-state index is 0.837. The molecule has 0 aliphatic rings. The second kappa shape index (κ2) is 6.09. The lowest BCUT2D eigenvalue weighted by Gasteiger charge is -2.14. The molecule has 0 aliphatic carbocycles. The van der Waals surface area contributed by atoms with Gasteiger partial charge in [-0.3, -0.25) is 0 Å². The van der Waals surface area contributed by atoms with Crippen molar-refractivity contribution in [1.82, 2.24) is 0 Å². The van der Waals surface area contributed by atoms with E-state index in [0.29, 0.717) is 0 Å². The summed E-state index contributed by atoms with van der Waals surface area (Å²) in [5.41, 5.74) is 0. The van der Waals surface area contributed by atoms with Gasteiger partial charge in [-0.15, -0.1) is 0 Å². The fourth-order valence-corrected chi connectivity index (χ4v) is 1.69. The van der Waals surface area contributed by atoms with Gasteiger partial charge in [0, 0.05) is 0 Å². The van der Waals surface area contributed by atoms with Crippen LogP contribution in [0.25, 0.3) is 0 Å². The molecule has 0 saturated heterocycles. The Morgan fingerprint density at radius 3 is 2.20 bits per heavy atom. The van der Waals surface area contributed by atoms with Crippen molar-refractivity contribution in [3.05, 3.63) is 0 Å². The highest BCUT2D eigenvalue weighted by atomic mass is 32.1. The maximum absolute atomic E-state index is 4.32. The topological polar surface area (TPSA) is 0 Å². The van der Waals surface area contributed by atoms with E-state index in [4.69, 9.17) is 0 Å². The largest absolute Gasteiger partial charge is 0.179 e. The van der Waals surface area contributed by atoms with Crippen LogP contribution in [-0.2, 0) is 0 Å². The molecule has 1 unspecified atom stereocenters. The lowest BCUT2D eigenvalue weighted by atomic mass is 9.95. The summed E-state index contributed by atoms with van der Waals surface area (Å²) in [6.07, 6.45) is 4.00. The van der Waals surface area contributed by atoms with Crippen LogP contribution >= 0.6 is 12.6 Å². The quantitative estimate of drug-likeness (QED) is 0.586. The van der Waals surface area contributed by atoms with Gasteiger partial charge in [-0.25, -0.2) is 0 Å². The first kappa shape index (κ1) is 10.3. The summed E-state index contributed by atoms with van der Waals surface area (Å²) in [6.45, 7) is 6.81. The van der Waals surface area contributed by atoms with Crippen LogP contribution in [0.15, 0.2) is 0 Å². The van der Waals surface area contributed by atoms with E-state index in [1.807, 2.05) is 0 Å². The van der Waals surface area contributed by atoms with Crippen LogP contribution in [0, 0.1) is 11.8 Å². The first-order valence-electron chi connectivity index (χ1n) is 4.31. The highest BCUT2D eigenvalue weighted by Crippen LogP contribution is 2.17. The average Bonchev–Trinajstić information content (AvgIpc) is 1.86. The summed E-state index contributed by atoms with van der Waals surface area (Å²) in [5, 5.41) is 0. The van der Waals surface area contributed by atoms with Gasteiger partial charge in [-0.1, -0.05) is 27.2 Å². The van der Waals surface area contributed by atoms with E-state index >= 15 is 0 Å². The summed E-state index contributed by atoms with van der Waals surface area (Å²) >= 11 is 4.32. The van der Waals surface area contributed by atoms with E-state index in [9.17, 15) is 0 Å². The highest BCUT2D eigenvalue weighted by Gasteiger charge is 2.06. The SMILES string of the molecule is CCCC(CS)CC(C)C. The third-order valence-electron chi connectivity index (χ3n) is 1.76. The molecule has 0 spiro atoms. The Labute approximate surface area is 70.8 Å². The van der Waals surface area contributed by atoms with Gasteiger partial charge in [0.1, 0.15) is 0 Å². The summed E-state index contributed by atoms with van der Waals surface area (Å²) < 4.78 is 0. The fraction of sp³-hybridized carbons (Fsp3) is 1.00. The minimum Gasteiger partial charge on any atom is -0.179 e. The Morgan fingerprint density at radius 1 is 1.30 bits per heavy atom. The Bertz CT molecular complexity index is 69.1. The van der Waals surface area contributed by atoms with Crippen molar-refractivity contribution in [2.75, 3.05) is 5.75 Å². The Kier molecular flexibility index (Phi) is 6.30. The second-order valence-corrected chi connectivity index (χ2v) is 3.83. The van der Waals surface area contributed by atoms with Gasteiger partial charge in [-0.2, -0.15) is 12.6 Å². The zero-order valence-electron chi connectivity index (χ0n) is 7.43. The van der Waals surface area contributed by atoms with Crippen molar-refractivity contribution < 1.29 is 0 Å². The summed E-state index contributed by atoms with van der Waals surface area (Å²) in [6, 6.07) is 0. The standard InChI is InChI=1S/C9H20S/c1-4-5-9(7-10)6-8(2)3/h8-10H,4-7H2,1-3H3. The molecule has 0 nitrogen and oxygen atoms in total. The van der Waals surface area contributed by atoms with Crippen molar-refractivity contribution in [2.24, 2.45) is 11.8 Å². The smallest absolute Gasteiger partial charge is 0.00694 e. The molecule has 0 aromatic heterocycles. The molecule has 1 atom stereocenters. The van der Waals surface area contributed by atoms with Crippen LogP contribution in [0.5, 0.6) is 0 Å². The van der Waals surface area contributed by atoms with E-state index in [1.165, 1.54) is 19.3 Å². The van der Waals surface area contributed by atoms with Gasteiger partial charge < -0.3 is 0 Å². The molecular formula is C9H20S. The molecule has 10 heavy (non-hydrogen) atoms. The van der Waals surface area contributed by atoms with E-state index in [-0.39, 0.29) is 0 Å². The monoisotopic (exact) mass is 160 g/mol. The molecule has 0 bridgehead atoms. The zero-order valence-corrected chi connectivity index (χ0v) is 8.32. The van der Waals surface area contributed by atoms with E-state index < -0.39 is 0 Å². The van der Waals surface area contributed by atoms with Gasteiger partial charge in [-0.05, 0) is 30.4 Å². The molecule has 62 valence electrons. The molecule has 0 fully saturated rings. The lowest BCUT2D eigenvalue weighted by Crippen LogP contribution is -2.05. The zero-order chi connectivity index (χ0) is 7.98. The Morgan fingerprint density at radius 2 is 1.90 bits per heavy atom. The molecule has 0 saturated carbocycles. The molecule has 0 rings (SSSR count). The Balaban J connectivity index is 3.39. The van der Waals surface area contributed by atoms with Crippen molar-refractivity contribution in [1.29, 1.82) is 0 Å². The Hall–Kier alpha value is 0.350. The molecule has 0 N–H and O–H groups in total. The molecule has 0 radical (unpaired) electrons. The van der Waals surface area contributed by atoms with Crippen LogP contribution < -0.4 is 0 Å². The molecular weight excluding hydrogens is 140 g/mol. The molecule has 0 heterocycles. The predicted molar refractivity (Wildman–Crippen MR) is 51.7 cm³/mol. The maximum Gasteiger partial charge on any atom is -0.00694 e. The van der Waals surface area contributed by atoms with Crippen LogP contribution in [-0.4, -0.2) is 5.75 Å². The van der Waals surface area contributed by atoms with Gasteiger partial charge >= 0.3 is 0 Å². The van der Waals surface area contributed by atoms with Crippen LogP contribution in [0.3, 0.4) is 0 Å². The van der Waals surface area contributed by atoms with Crippen LogP contribution in [0.2, 0.25) is 0 Å². The lowest BCUT2D eigenvalue weighted by molar-refractivity contribution is 0.418. The third-order valence-corrected chi connectivity index (χ3v) is 2.28. The molecule has 0 amide bonds. The minimum atomic E-state index is 0.837. The summed E-state index contributed by atoms with van der Waals surface area (Å²) in [4.78, 5) is 0. The number of hydrogen-bond acceptors (Lipinski definition) is 1. The number of rotatable bonds is 5. The number of thiol groups is 1. The van der Waals surface area contributed by atoms with E-state index in [1.54, 1.807) is 0 Å². The molecule has 0 aromatic carbocycles. The molecule has 0 aromatic rings.